The summed E-state index contributed by atoms with van der Waals surface area (Å²) in [6.45, 7) is 7.40. The molecule has 3 saturated heterocycles. The molecule has 2 aromatic rings. The maximum Gasteiger partial charge on any atom is 0.326 e. The van der Waals surface area contributed by atoms with Gasteiger partial charge in [0.2, 0.25) is 11.8 Å². The SMILES string of the molecule is C=CC(=O)N1CCC[C@@H](NC(=O)C2=C3NC(=O)N(c4ccc(Oc5ccccn5)cc4C)C4CCNC(S2)C34)C1. The standard InChI is InChI=1S/C29H32N6O4S/c1-3-23(36)34-14-6-7-18(16-34)32-27(37)26-25-24-21(11-13-31-28(24)40-26)35(29(38)33-25)20-10-9-19(15-17(20)2)39-22-8-4-5-12-30-22/h3-5,8-10,12,15,18,21,24,28,31H,1,6-7,11,13-14,16H2,2H3,(H,32,37)(H,33,38)/t18-,21?,24?,28?/m1/s1. The lowest BCUT2D eigenvalue weighted by Gasteiger charge is -2.46. The number of piperidine rings is 2. The van der Waals surface area contributed by atoms with E-state index in [2.05, 4.69) is 27.5 Å². The average molecular weight is 561 g/mol. The number of benzene rings is 1. The number of likely N-dealkylation sites (tertiary alicyclic amines) is 1. The first kappa shape index (κ1) is 26.4. The van der Waals surface area contributed by atoms with Crippen molar-refractivity contribution in [2.24, 2.45) is 5.92 Å². The Labute approximate surface area is 237 Å². The number of urea groups is 1. The van der Waals surface area contributed by atoms with Crippen molar-refractivity contribution in [2.75, 3.05) is 24.5 Å². The van der Waals surface area contributed by atoms with Gasteiger partial charge < -0.3 is 25.6 Å². The molecule has 4 aliphatic rings. The monoisotopic (exact) mass is 560 g/mol. The Kier molecular flexibility index (Phi) is 7.24. The number of nitrogens with zero attached hydrogens (tertiary/aromatic N) is 3. The van der Waals surface area contributed by atoms with E-state index in [4.69, 9.17) is 4.74 Å². The Bertz CT molecular complexity index is 1380. The topological polar surface area (TPSA) is 116 Å². The minimum atomic E-state index is -0.244. The lowest BCUT2D eigenvalue weighted by molar-refractivity contribution is -0.128. The summed E-state index contributed by atoms with van der Waals surface area (Å²) in [6, 6.07) is 10.7. The number of aryl methyl sites for hydroxylation is 1. The zero-order valence-corrected chi connectivity index (χ0v) is 23.1. The Morgan fingerprint density at radius 3 is 2.90 bits per heavy atom. The van der Waals surface area contributed by atoms with E-state index in [0.29, 0.717) is 35.3 Å². The van der Waals surface area contributed by atoms with Crippen LogP contribution in [0, 0.1) is 12.8 Å². The van der Waals surface area contributed by atoms with Crippen LogP contribution in [0.3, 0.4) is 0 Å². The largest absolute Gasteiger partial charge is 0.439 e. The van der Waals surface area contributed by atoms with E-state index in [-0.39, 0.29) is 41.2 Å². The quantitative estimate of drug-likeness (QED) is 0.465. The molecule has 4 atom stereocenters. The summed E-state index contributed by atoms with van der Waals surface area (Å²) in [6.07, 6.45) is 5.36. The third-order valence-electron chi connectivity index (χ3n) is 7.88. The van der Waals surface area contributed by atoms with Crippen molar-refractivity contribution in [3.05, 3.63) is 71.4 Å². The summed E-state index contributed by atoms with van der Waals surface area (Å²) in [5.74, 6) is 0.775. The maximum atomic E-state index is 13.6. The van der Waals surface area contributed by atoms with Crippen molar-refractivity contribution >= 4 is 35.3 Å². The van der Waals surface area contributed by atoms with E-state index in [9.17, 15) is 14.4 Å². The molecule has 10 nitrogen and oxygen atoms in total. The van der Waals surface area contributed by atoms with E-state index >= 15 is 0 Å². The molecule has 0 spiro atoms. The molecule has 0 bridgehead atoms. The van der Waals surface area contributed by atoms with Crippen LogP contribution in [0.15, 0.2) is 65.9 Å². The third kappa shape index (κ3) is 4.95. The van der Waals surface area contributed by atoms with Gasteiger partial charge in [-0.15, -0.1) is 0 Å². The fraction of sp³-hybridized carbons (Fsp3) is 0.379. The highest BCUT2D eigenvalue weighted by Crippen LogP contribution is 2.48. The van der Waals surface area contributed by atoms with Crippen LogP contribution in [0.25, 0.3) is 0 Å². The highest BCUT2D eigenvalue weighted by Gasteiger charge is 2.52. The van der Waals surface area contributed by atoms with Gasteiger partial charge in [-0.05, 0) is 68.6 Å². The molecule has 4 aliphatic heterocycles. The van der Waals surface area contributed by atoms with Crippen LogP contribution in [0.1, 0.15) is 24.8 Å². The number of hydrogen-bond donors (Lipinski definition) is 3. The summed E-state index contributed by atoms with van der Waals surface area (Å²) in [5, 5.41) is 9.71. The Morgan fingerprint density at radius 1 is 1.25 bits per heavy atom. The van der Waals surface area contributed by atoms with Crippen LogP contribution < -0.4 is 25.6 Å². The summed E-state index contributed by atoms with van der Waals surface area (Å²) < 4.78 is 5.89. The molecule has 1 aromatic heterocycles. The normalized spacial score (nSPS) is 25.7. The smallest absolute Gasteiger partial charge is 0.326 e. The number of carbonyl (C=O) groups is 3. The Morgan fingerprint density at radius 2 is 2.12 bits per heavy atom. The van der Waals surface area contributed by atoms with Crippen molar-refractivity contribution in [2.45, 2.75) is 43.6 Å². The molecule has 0 saturated carbocycles. The van der Waals surface area contributed by atoms with Gasteiger partial charge in [-0.25, -0.2) is 9.78 Å². The van der Waals surface area contributed by atoms with Gasteiger partial charge in [-0.1, -0.05) is 24.4 Å². The number of pyridine rings is 1. The van der Waals surface area contributed by atoms with Gasteiger partial charge in [0.05, 0.1) is 16.3 Å². The van der Waals surface area contributed by atoms with E-state index in [1.165, 1.54) is 17.8 Å². The molecule has 6 rings (SSSR count). The summed E-state index contributed by atoms with van der Waals surface area (Å²) in [7, 11) is 0. The number of nitrogens with one attached hydrogen (secondary N) is 3. The number of rotatable bonds is 6. The molecule has 40 heavy (non-hydrogen) atoms. The van der Waals surface area contributed by atoms with Crippen LogP contribution in [0.5, 0.6) is 11.6 Å². The van der Waals surface area contributed by atoms with Gasteiger partial charge in [-0.3, -0.25) is 14.5 Å². The molecule has 4 amide bonds. The molecule has 3 unspecified atom stereocenters. The number of anilines is 1. The van der Waals surface area contributed by atoms with Crippen molar-refractivity contribution in [3.63, 3.8) is 0 Å². The number of thioether (sulfide) groups is 1. The lowest BCUT2D eigenvalue weighted by atomic mass is 9.86. The van der Waals surface area contributed by atoms with Gasteiger partial charge in [0.15, 0.2) is 0 Å². The van der Waals surface area contributed by atoms with Crippen LogP contribution in [0.4, 0.5) is 10.5 Å². The zero-order valence-electron chi connectivity index (χ0n) is 22.3. The van der Waals surface area contributed by atoms with Crippen molar-refractivity contribution in [3.8, 4) is 11.6 Å². The first-order valence-electron chi connectivity index (χ1n) is 13.6. The molecule has 3 fully saturated rings. The molecule has 3 N–H and O–H groups in total. The molecular weight excluding hydrogens is 528 g/mol. The van der Waals surface area contributed by atoms with Crippen LogP contribution >= 0.6 is 11.8 Å². The molecule has 11 heteroatoms. The minimum absolute atomic E-state index is 0.0186. The third-order valence-corrected chi connectivity index (χ3v) is 9.23. The van der Waals surface area contributed by atoms with Gasteiger partial charge in [0, 0.05) is 48.7 Å². The summed E-state index contributed by atoms with van der Waals surface area (Å²) >= 11 is 1.48. The highest BCUT2D eigenvalue weighted by atomic mass is 32.2. The second-order valence-corrected chi connectivity index (χ2v) is 11.6. The minimum Gasteiger partial charge on any atom is -0.439 e. The molecule has 0 radical (unpaired) electrons. The Hall–Kier alpha value is -3.83. The number of hydrogen-bond acceptors (Lipinski definition) is 7. The van der Waals surface area contributed by atoms with Gasteiger partial charge in [-0.2, -0.15) is 0 Å². The maximum absolute atomic E-state index is 13.6. The van der Waals surface area contributed by atoms with Gasteiger partial charge in [0.25, 0.3) is 5.91 Å². The second-order valence-electron chi connectivity index (χ2n) is 10.4. The van der Waals surface area contributed by atoms with Crippen LogP contribution in [0.2, 0.25) is 0 Å². The fourth-order valence-electron chi connectivity index (χ4n) is 6.07. The number of carbonyl (C=O) groups excluding carboxylic acids is 3. The highest BCUT2D eigenvalue weighted by molar-refractivity contribution is 8.04. The predicted molar refractivity (Wildman–Crippen MR) is 153 cm³/mol. The van der Waals surface area contributed by atoms with Crippen LogP contribution in [-0.4, -0.2) is 64.8 Å². The van der Waals surface area contributed by atoms with Gasteiger partial charge >= 0.3 is 6.03 Å². The fourth-order valence-corrected chi connectivity index (χ4v) is 7.47. The van der Waals surface area contributed by atoms with E-state index in [1.54, 1.807) is 17.2 Å². The first-order valence-corrected chi connectivity index (χ1v) is 14.5. The van der Waals surface area contributed by atoms with Crippen molar-refractivity contribution in [1.82, 2.24) is 25.8 Å². The van der Waals surface area contributed by atoms with E-state index in [0.717, 1.165) is 37.1 Å². The average Bonchev–Trinajstić information content (AvgIpc) is 3.33. The van der Waals surface area contributed by atoms with E-state index in [1.807, 2.05) is 42.2 Å². The molecule has 0 aliphatic carbocycles. The predicted octanol–water partition coefficient (Wildman–Crippen LogP) is 3.27. The lowest BCUT2D eigenvalue weighted by Crippen LogP contribution is -2.62. The number of ether oxygens (including phenoxy) is 1. The van der Waals surface area contributed by atoms with Crippen molar-refractivity contribution in [1.29, 1.82) is 0 Å². The molecule has 208 valence electrons. The second kappa shape index (κ2) is 11.0. The van der Waals surface area contributed by atoms with Gasteiger partial charge in [0.1, 0.15) is 5.75 Å². The van der Waals surface area contributed by atoms with E-state index < -0.39 is 0 Å². The first-order chi connectivity index (χ1) is 19.4. The van der Waals surface area contributed by atoms with Crippen LogP contribution in [-0.2, 0) is 9.59 Å². The Balaban J connectivity index is 1.22. The summed E-state index contributed by atoms with van der Waals surface area (Å²) in [4.78, 5) is 47.5. The number of amides is 4. The number of aromatic nitrogens is 1. The molecule has 1 aromatic carbocycles. The molecule has 5 heterocycles. The zero-order chi connectivity index (χ0) is 27.8. The van der Waals surface area contributed by atoms with Crippen molar-refractivity contribution < 1.29 is 19.1 Å². The molecular formula is C29H32N6O4S. The summed E-state index contributed by atoms with van der Waals surface area (Å²) in [5.41, 5.74) is 2.41.